The molecule has 1 fully saturated rings. The second-order valence-electron chi connectivity index (χ2n) is 7.49. The number of carbonyl (C=O) groups excluding carboxylic acids is 1. The fourth-order valence-electron chi connectivity index (χ4n) is 4.48. The number of aromatic nitrogens is 1. The van der Waals surface area contributed by atoms with Crippen molar-refractivity contribution in [1.29, 1.82) is 0 Å². The van der Waals surface area contributed by atoms with Crippen LogP contribution in [0.15, 0.2) is 30.3 Å². The minimum Gasteiger partial charge on any atom is -0.362 e. The number of Topliss-reactive ketones (excluding diaryl/α,β-unsaturated/α-hetero) is 1. The van der Waals surface area contributed by atoms with E-state index in [1.54, 1.807) is 0 Å². The van der Waals surface area contributed by atoms with Crippen LogP contribution in [-0.2, 0) is 12.8 Å². The second kappa shape index (κ2) is 6.21. The van der Waals surface area contributed by atoms with Crippen LogP contribution in [0.3, 0.4) is 0 Å². The lowest BCUT2D eigenvalue weighted by molar-refractivity contribution is 0.0663. The van der Waals surface area contributed by atoms with E-state index in [4.69, 9.17) is 0 Å². The van der Waals surface area contributed by atoms with Crippen LogP contribution >= 0.6 is 0 Å². The summed E-state index contributed by atoms with van der Waals surface area (Å²) in [6, 6.07) is 10.7. The van der Waals surface area contributed by atoms with Crippen LogP contribution in [0.1, 0.15) is 39.3 Å². The summed E-state index contributed by atoms with van der Waals surface area (Å²) >= 11 is 0. The third-order valence-corrected chi connectivity index (χ3v) is 6.03. The number of H-pyrrole nitrogens is 1. The van der Waals surface area contributed by atoms with Gasteiger partial charge >= 0.3 is 0 Å². The summed E-state index contributed by atoms with van der Waals surface area (Å²) in [5.74, 6) is 1.10. The minimum atomic E-state index is 0.191. The van der Waals surface area contributed by atoms with Gasteiger partial charge < -0.3 is 9.88 Å². The SMILES string of the molecule is Cc1[nH]c2c(c1C)C(=O)C1CN(CCc3ccccc3)CCC1C2. The smallest absolute Gasteiger partial charge is 0.169 e. The molecular weight excluding hydrogens is 296 g/mol. The highest BCUT2D eigenvalue weighted by Crippen LogP contribution is 2.37. The van der Waals surface area contributed by atoms with Gasteiger partial charge in [-0.3, -0.25) is 4.79 Å². The first kappa shape index (κ1) is 15.6. The Bertz CT molecular complexity index is 747. The Kier molecular flexibility index (Phi) is 4.05. The molecule has 3 heteroatoms. The quantitative estimate of drug-likeness (QED) is 0.938. The van der Waals surface area contributed by atoms with Crippen LogP contribution < -0.4 is 0 Å². The van der Waals surface area contributed by atoms with Gasteiger partial charge in [-0.2, -0.15) is 0 Å². The number of nitrogens with zero attached hydrogens (tertiary/aromatic N) is 1. The molecule has 0 radical (unpaired) electrons. The number of hydrogen-bond acceptors (Lipinski definition) is 2. The highest BCUT2D eigenvalue weighted by atomic mass is 16.1. The summed E-state index contributed by atoms with van der Waals surface area (Å²) in [6.45, 7) is 7.27. The molecule has 1 N–H and O–H groups in total. The lowest BCUT2D eigenvalue weighted by Crippen LogP contribution is -2.47. The van der Waals surface area contributed by atoms with Gasteiger partial charge in [-0.15, -0.1) is 0 Å². The van der Waals surface area contributed by atoms with E-state index >= 15 is 0 Å². The normalized spacial score (nSPS) is 23.8. The van der Waals surface area contributed by atoms with E-state index in [2.05, 4.69) is 54.1 Å². The Morgan fingerprint density at radius 3 is 2.79 bits per heavy atom. The zero-order valence-corrected chi connectivity index (χ0v) is 14.6. The maximum atomic E-state index is 13.1. The molecule has 4 rings (SSSR count). The van der Waals surface area contributed by atoms with Gasteiger partial charge in [0, 0.05) is 36.0 Å². The number of ketones is 1. The molecule has 126 valence electrons. The molecule has 0 saturated carbocycles. The summed E-state index contributed by atoms with van der Waals surface area (Å²) in [5.41, 5.74) is 5.89. The summed E-state index contributed by atoms with van der Waals surface area (Å²) in [4.78, 5) is 19.0. The number of piperidine rings is 1. The van der Waals surface area contributed by atoms with Crippen molar-refractivity contribution in [2.75, 3.05) is 19.6 Å². The Morgan fingerprint density at radius 2 is 2.00 bits per heavy atom. The molecule has 0 amide bonds. The van der Waals surface area contributed by atoms with Crippen molar-refractivity contribution in [2.45, 2.75) is 33.1 Å². The van der Waals surface area contributed by atoms with Crippen LogP contribution in [0.5, 0.6) is 0 Å². The van der Waals surface area contributed by atoms with E-state index in [1.807, 2.05) is 0 Å². The number of likely N-dealkylation sites (tertiary alicyclic amines) is 1. The third-order valence-electron chi connectivity index (χ3n) is 6.03. The topological polar surface area (TPSA) is 36.1 Å². The average molecular weight is 322 g/mol. The molecule has 1 aliphatic carbocycles. The maximum Gasteiger partial charge on any atom is 0.169 e. The predicted octanol–water partition coefficient (Wildman–Crippen LogP) is 3.55. The van der Waals surface area contributed by atoms with Crippen molar-refractivity contribution in [3.63, 3.8) is 0 Å². The van der Waals surface area contributed by atoms with E-state index in [1.165, 1.54) is 11.3 Å². The molecule has 3 nitrogen and oxygen atoms in total. The van der Waals surface area contributed by atoms with E-state index in [0.717, 1.165) is 55.7 Å². The summed E-state index contributed by atoms with van der Waals surface area (Å²) < 4.78 is 0. The van der Waals surface area contributed by atoms with Gasteiger partial charge in [-0.05, 0) is 56.7 Å². The maximum absolute atomic E-state index is 13.1. The molecule has 1 saturated heterocycles. The van der Waals surface area contributed by atoms with Crippen molar-refractivity contribution < 1.29 is 4.79 Å². The fraction of sp³-hybridized carbons (Fsp3) is 0.476. The summed E-state index contributed by atoms with van der Waals surface area (Å²) in [6.07, 6.45) is 3.26. The Morgan fingerprint density at radius 1 is 1.21 bits per heavy atom. The highest BCUT2D eigenvalue weighted by molar-refractivity contribution is 6.02. The highest BCUT2D eigenvalue weighted by Gasteiger charge is 2.40. The zero-order chi connectivity index (χ0) is 16.7. The molecule has 0 spiro atoms. The van der Waals surface area contributed by atoms with Crippen LogP contribution in [0, 0.1) is 25.7 Å². The Hall–Kier alpha value is -1.87. The van der Waals surface area contributed by atoms with Crippen LogP contribution in [0.4, 0.5) is 0 Å². The van der Waals surface area contributed by atoms with Crippen molar-refractivity contribution in [3.8, 4) is 0 Å². The summed E-state index contributed by atoms with van der Waals surface area (Å²) in [7, 11) is 0. The number of nitrogens with one attached hydrogen (secondary N) is 1. The molecule has 2 aliphatic rings. The first-order chi connectivity index (χ1) is 11.6. The number of rotatable bonds is 3. The van der Waals surface area contributed by atoms with Gasteiger partial charge in [-0.1, -0.05) is 30.3 Å². The zero-order valence-electron chi connectivity index (χ0n) is 14.6. The van der Waals surface area contributed by atoms with E-state index in [0.29, 0.717) is 11.7 Å². The molecule has 2 heterocycles. The number of benzene rings is 1. The molecule has 2 aromatic rings. The van der Waals surface area contributed by atoms with Gasteiger partial charge in [0.15, 0.2) is 5.78 Å². The van der Waals surface area contributed by atoms with Crippen molar-refractivity contribution in [3.05, 3.63) is 58.4 Å². The first-order valence-corrected chi connectivity index (χ1v) is 9.12. The molecule has 24 heavy (non-hydrogen) atoms. The molecule has 1 aromatic carbocycles. The molecule has 0 bridgehead atoms. The van der Waals surface area contributed by atoms with Crippen molar-refractivity contribution in [2.24, 2.45) is 11.8 Å². The van der Waals surface area contributed by atoms with Gasteiger partial charge in [0.1, 0.15) is 0 Å². The fourth-order valence-corrected chi connectivity index (χ4v) is 4.48. The van der Waals surface area contributed by atoms with E-state index in [-0.39, 0.29) is 5.92 Å². The number of aromatic amines is 1. The van der Waals surface area contributed by atoms with E-state index < -0.39 is 0 Å². The van der Waals surface area contributed by atoms with Crippen LogP contribution in [-0.4, -0.2) is 35.3 Å². The van der Waals surface area contributed by atoms with Gasteiger partial charge in [0.25, 0.3) is 0 Å². The van der Waals surface area contributed by atoms with Crippen LogP contribution in [0.25, 0.3) is 0 Å². The standard InChI is InChI=1S/C21H26N2O/c1-14-15(2)22-19-12-17-9-11-23(13-18(17)21(24)20(14)19)10-8-16-6-4-3-5-7-16/h3-7,17-18,22H,8-13H2,1-2H3. The first-order valence-electron chi connectivity index (χ1n) is 9.12. The van der Waals surface area contributed by atoms with E-state index in [9.17, 15) is 4.79 Å². The Balaban J connectivity index is 1.46. The average Bonchev–Trinajstić information content (AvgIpc) is 2.89. The number of carbonyl (C=O) groups is 1. The predicted molar refractivity (Wildman–Crippen MR) is 96.5 cm³/mol. The van der Waals surface area contributed by atoms with Crippen molar-refractivity contribution >= 4 is 5.78 Å². The number of aryl methyl sites for hydroxylation is 1. The minimum absolute atomic E-state index is 0.191. The lowest BCUT2D eigenvalue weighted by Gasteiger charge is -2.40. The number of hydrogen-bond donors (Lipinski definition) is 1. The lowest BCUT2D eigenvalue weighted by atomic mass is 9.73. The second-order valence-corrected chi connectivity index (χ2v) is 7.49. The van der Waals surface area contributed by atoms with Gasteiger partial charge in [0.2, 0.25) is 0 Å². The number of fused-ring (bicyclic) bond motifs is 2. The molecular formula is C21H26N2O. The molecule has 2 unspecified atom stereocenters. The molecule has 2 atom stereocenters. The third kappa shape index (κ3) is 2.71. The Labute approximate surface area is 144 Å². The largest absolute Gasteiger partial charge is 0.362 e. The summed E-state index contributed by atoms with van der Waals surface area (Å²) in [5, 5.41) is 0. The van der Waals surface area contributed by atoms with Crippen LogP contribution in [0.2, 0.25) is 0 Å². The molecule has 1 aliphatic heterocycles. The van der Waals surface area contributed by atoms with Crippen molar-refractivity contribution in [1.82, 2.24) is 9.88 Å². The van der Waals surface area contributed by atoms with Gasteiger partial charge in [0.05, 0.1) is 0 Å². The van der Waals surface area contributed by atoms with Gasteiger partial charge in [-0.25, -0.2) is 0 Å². The molecule has 1 aromatic heterocycles. The monoisotopic (exact) mass is 322 g/mol.